The maximum Gasteiger partial charge on any atom is 0.243 e. The second-order valence-corrected chi connectivity index (χ2v) is 7.74. The minimum atomic E-state index is -3.41. The number of benzene rings is 1. The van der Waals surface area contributed by atoms with E-state index in [0.717, 1.165) is 18.2 Å². The van der Waals surface area contributed by atoms with E-state index in [1.165, 1.54) is 0 Å². The van der Waals surface area contributed by atoms with E-state index in [4.69, 9.17) is 11.6 Å². The third-order valence-corrected chi connectivity index (χ3v) is 6.16. The fourth-order valence-corrected chi connectivity index (χ4v) is 4.46. The van der Waals surface area contributed by atoms with Gasteiger partial charge in [0.2, 0.25) is 10.0 Å². The second kappa shape index (κ2) is 5.55. The van der Waals surface area contributed by atoms with Crippen molar-refractivity contribution in [1.82, 2.24) is 9.29 Å². The molecule has 0 aliphatic carbocycles. The number of rotatable bonds is 3. The molecule has 21 heavy (non-hydrogen) atoms. The topological polar surface area (TPSA) is 50.3 Å². The van der Waals surface area contributed by atoms with Gasteiger partial charge in [-0.2, -0.15) is 4.31 Å². The van der Waals surface area contributed by atoms with Crippen molar-refractivity contribution in [1.29, 1.82) is 0 Å². The van der Waals surface area contributed by atoms with Crippen LogP contribution >= 0.6 is 11.6 Å². The Morgan fingerprint density at radius 1 is 1.33 bits per heavy atom. The molecule has 0 saturated carbocycles. The van der Waals surface area contributed by atoms with Crippen LogP contribution in [0.2, 0.25) is 5.15 Å². The zero-order valence-corrected chi connectivity index (χ0v) is 13.4. The number of hydrogen-bond donors (Lipinski definition) is 0. The first kappa shape index (κ1) is 14.8. The van der Waals surface area contributed by atoms with Gasteiger partial charge in [-0.25, -0.2) is 13.4 Å². The molecule has 1 aliphatic heterocycles. The first-order valence-corrected chi connectivity index (χ1v) is 8.89. The molecule has 1 aromatic carbocycles. The van der Waals surface area contributed by atoms with Gasteiger partial charge in [-0.15, -0.1) is 0 Å². The Labute approximate surface area is 129 Å². The third-order valence-electron chi connectivity index (χ3n) is 4.09. The highest BCUT2D eigenvalue weighted by Crippen LogP contribution is 2.27. The van der Waals surface area contributed by atoms with E-state index in [2.05, 4.69) is 11.9 Å². The summed E-state index contributed by atoms with van der Waals surface area (Å²) in [5, 5.41) is 1.19. The van der Waals surface area contributed by atoms with Crippen molar-refractivity contribution in [2.24, 2.45) is 5.92 Å². The van der Waals surface area contributed by atoms with Crippen LogP contribution in [0.4, 0.5) is 0 Å². The summed E-state index contributed by atoms with van der Waals surface area (Å²) in [5.74, 6) is 0.473. The highest BCUT2D eigenvalue weighted by atomic mass is 35.5. The van der Waals surface area contributed by atoms with E-state index in [1.807, 2.05) is 0 Å². The molecule has 0 amide bonds. The largest absolute Gasteiger partial charge is 0.243 e. The van der Waals surface area contributed by atoms with Crippen LogP contribution in [0, 0.1) is 5.92 Å². The molecule has 1 aromatic heterocycles. The Morgan fingerprint density at radius 2 is 2.14 bits per heavy atom. The van der Waals surface area contributed by atoms with Gasteiger partial charge >= 0.3 is 0 Å². The van der Waals surface area contributed by atoms with Crippen molar-refractivity contribution in [3.8, 4) is 0 Å². The summed E-state index contributed by atoms with van der Waals surface area (Å²) in [7, 11) is -3.41. The van der Waals surface area contributed by atoms with Crippen molar-refractivity contribution in [2.75, 3.05) is 13.1 Å². The van der Waals surface area contributed by atoms with E-state index in [1.54, 1.807) is 34.6 Å². The summed E-state index contributed by atoms with van der Waals surface area (Å²) in [6.07, 6.45) is 1.96. The molecular formula is C15H17ClN2O2S. The number of fused-ring (bicyclic) bond motifs is 1. The molecule has 6 heteroatoms. The van der Waals surface area contributed by atoms with Gasteiger partial charge < -0.3 is 0 Å². The molecule has 0 bridgehead atoms. The highest BCUT2D eigenvalue weighted by Gasteiger charge is 2.31. The second-order valence-electron chi connectivity index (χ2n) is 5.41. The average molecular weight is 325 g/mol. The van der Waals surface area contributed by atoms with E-state index in [-0.39, 0.29) is 0 Å². The fraction of sp³-hybridized carbons (Fsp3) is 0.400. The number of nitrogens with zero attached hydrogens (tertiary/aromatic N) is 2. The lowest BCUT2D eigenvalue weighted by Crippen LogP contribution is -2.28. The van der Waals surface area contributed by atoms with Crippen LogP contribution in [0.5, 0.6) is 0 Å². The van der Waals surface area contributed by atoms with Gasteiger partial charge in [0.05, 0.1) is 10.4 Å². The fourth-order valence-electron chi connectivity index (χ4n) is 2.74. The number of hydrogen-bond acceptors (Lipinski definition) is 3. The number of aromatic nitrogens is 1. The molecule has 1 unspecified atom stereocenters. The Kier molecular flexibility index (Phi) is 3.90. The first-order valence-electron chi connectivity index (χ1n) is 7.07. The van der Waals surface area contributed by atoms with Crippen LogP contribution in [-0.4, -0.2) is 30.8 Å². The summed E-state index contributed by atoms with van der Waals surface area (Å²) < 4.78 is 27.0. The molecule has 1 saturated heterocycles. The predicted octanol–water partition coefficient (Wildman–Crippen LogP) is 3.31. The van der Waals surface area contributed by atoms with Gasteiger partial charge in [0.1, 0.15) is 5.15 Å². The highest BCUT2D eigenvalue weighted by molar-refractivity contribution is 7.89. The van der Waals surface area contributed by atoms with Gasteiger partial charge in [0.15, 0.2) is 0 Å². The van der Waals surface area contributed by atoms with E-state index in [9.17, 15) is 8.42 Å². The normalized spacial score (nSPS) is 20.2. The molecule has 1 fully saturated rings. The molecule has 112 valence electrons. The zero-order chi connectivity index (χ0) is 15.0. The SMILES string of the molecule is CCC1CCN(S(=O)(=O)c2ccc3nc(Cl)ccc3c2)C1. The summed E-state index contributed by atoms with van der Waals surface area (Å²) in [6, 6.07) is 8.46. The molecule has 2 heterocycles. The lowest BCUT2D eigenvalue weighted by Gasteiger charge is -2.16. The van der Waals surface area contributed by atoms with Crippen molar-refractivity contribution in [3.63, 3.8) is 0 Å². The molecule has 3 rings (SSSR count). The summed E-state index contributed by atoms with van der Waals surface area (Å²) in [5.41, 5.74) is 0.703. The Morgan fingerprint density at radius 3 is 2.86 bits per heavy atom. The quantitative estimate of drug-likeness (QED) is 0.814. The van der Waals surface area contributed by atoms with Gasteiger partial charge in [-0.05, 0) is 42.7 Å². The summed E-state index contributed by atoms with van der Waals surface area (Å²) in [6.45, 7) is 3.33. The monoisotopic (exact) mass is 324 g/mol. The Bertz CT molecular complexity index is 776. The van der Waals surface area contributed by atoms with Crippen LogP contribution in [0.25, 0.3) is 10.9 Å². The molecule has 0 N–H and O–H groups in total. The molecule has 1 aliphatic rings. The van der Waals surface area contributed by atoms with Crippen molar-refractivity contribution in [3.05, 3.63) is 35.5 Å². The van der Waals surface area contributed by atoms with E-state index in [0.29, 0.717) is 34.6 Å². The molecule has 4 nitrogen and oxygen atoms in total. The standard InChI is InChI=1S/C15H17ClN2O2S/c1-2-11-7-8-18(10-11)21(19,20)13-4-5-14-12(9-13)3-6-15(16)17-14/h3-6,9,11H,2,7-8,10H2,1H3. The van der Waals surface area contributed by atoms with Crippen molar-refractivity contribution < 1.29 is 8.42 Å². The zero-order valence-electron chi connectivity index (χ0n) is 11.8. The smallest absolute Gasteiger partial charge is 0.236 e. The van der Waals surface area contributed by atoms with E-state index >= 15 is 0 Å². The Hall–Kier alpha value is -1.17. The summed E-state index contributed by atoms with van der Waals surface area (Å²) >= 11 is 5.85. The van der Waals surface area contributed by atoms with Gasteiger partial charge in [-0.3, -0.25) is 0 Å². The van der Waals surface area contributed by atoms with Crippen LogP contribution in [0.3, 0.4) is 0 Å². The minimum Gasteiger partial charge on any atom is -0.236 e. The maximum atomic E-state index is 12.7. The van der Waals surface area contributed by atoms with Crippen LogP contribution in [0.1, 0.15) is 19.8 Å². The Balaban J connectivity index is 1.97. The molecular weight excluding hydrogens is 308 g/mol. The molecule has 0 radical (unpaired) electrons. The van der Waals surface area contributed by atoms with Crippen molar-refractivity contribution >= 4 is 32.5 Å². The molecule has 2 aromatic rings. The third kappa shape index (κ3) is 2.78. The lowest BCUT2D eigenvalue weighted by molar-refractivity contribution is 0.453. The van der Waals surface area contributed by atoms with E-state index < -0.39 is 10.0 Å². The lowest BCUT2D eigenvalue weighted by atomic mass is 10.1. The number of halogens is 1. The molecule has 0 spiro atoms. The minimum absolute atomic E-state index is 0.330. The maximum absolute atomic E-state index is 12.7. The van der Waals surface area contributed by atoms with Gasteiger partial charge in [-0.1, -0.05) is 24.9 Å². The van der Waals surface area contributed by atoms with Crippen LogP contribution in [0.15, 0.2) is 35.2 Å². The predicted molar refractivity (Wildman–Crippen MR) is 83.9 cm³/mol. The molecule has 1 atom stereocenters. The van der Waals surface area contributed by atoms with Gasteiger partial charge in [0.25, 0.3) is 0 Å². The number of pyridine rings is 1. The average Bonchev–Trinajstić information content (AvgIpc) is 2.96. The van der Waals surface area contributed by atoms with Crippen LogP contribution < -0.4 is 0 Å². The van der Waals surface area contributed by atoms with Crippen LogP contribution in [-0.2, 0) is 10.0 Å². The summed E-state index contributed by atoms with van der Waals surface area (Å²) in [4.78, 5) is 4.51. The number of sulfonamides is 1. The first-order chi connectivity index (χ1) is 10.0. The van der Waals surface area contributed by atoms with Crippen molar-refractivity contribution in [2.45, 2.75) is 24.7 Å². The van der Waals surface area contributed by atoms with Gasteiger partial charge in [0, 0.05) is 18.5 Å².